The highest BCUT2D eigenvalue weighted by Crippen LogP contribution is 2.07. The molecule has 0 aliphatic rings. The fraction of sp³-hybridized carbons (Fsp3) is 0.238. The Balaban J connectivity index is 1.64. The van der Waals surface area contributed by atoms with Crippen LogP contribution < -0.4 is 16.2 Å². The Kier molecular flexibility index (Phi) is 7.25. The maximum atomic E-state index is 12.3. The van der Waals surface area contributed by atoms with Crippen molar-refractivity contribution in [1.29, 1.82) is 0 Å². The van der Waals surface area contributed by atoms with E-state index in [1.54, 1.807) is 60.5 Å². The SMILES string of the molecule is COCCN(CC(=O)NC(=O)Nc1ccccc1)Cc1nc2ccccc2c(=O)[nH]1. The standard InChI is InChI=1S/C21H23N5O4/c1-30-12-11-26(13-18-23-17-10-6-5-9-16(17)20(28)24-18)14-19(27)25-21(29)22-15-7-3-2-4-8-15/h2-10H,11-14H2,1H3,(H,23,24,28)(H2,22,25,27,29). The number of carbonyl (C=O) groups is 2. The summed E-state index contributed by atoms with van der Waals surface area (Å²) in [4.78, 5) is 45.6. The molecule has 0 saturated carbocycles. The number of nitrogens with one attached hydrogen (secondary N) is 3. The van der Waals surface area contributed by atoms with Gasteiger partial charge in [0.1, 0.15) is 5.82 Å². The summed E-state index contributed by atoms with van der Waals surface area (Å²) < 4.78 is 5.10. The molecule has 9 heteroatoms. The van der Waals surface area contributed by atoms with Crippen LogP contribution in [-0.2, 0) is 16.1 Å². The zero-order chi connectivity index (χ0) is 21.3. The van der Waals surface area contributed by atoms with Crippen LogP contribution in [0.3, 0.4) is 0 Å². The molecule has 0 bridgehead atoms. The Labute approximate surface area is 173 Å². The van der Waals surface area contributed by atoms with Gasteiger partial charge in [-0.15, -0.1) is 0 Å². The number of ether oxygens (including phenoxy) is 1. The number of aromatic nitrogens is 2. The Morgan fingerprint density at radius 2 is 1.83 bits per heavy atom. The molecule has 156 valence electrons. The van der Waals surface area contributed by atoms with Crippen molar-refractivity contribution in [2.45, 2.75) is 6.54 Å². The van der Waals surface area contributed by atoms with Gasteiger partial charge in [-0.2, -0.15) is 0 Å². The summed E-state index contributed by atoms with van der Waals surface area (Å²) in [6.07, 6.45) is 0. The van der Waals surface area contributed by atoms with Crippen LogP contribution in [0.15, 0.2) is 59.4 Å². The van der Waals surface area contributed by atoms with E-state index in [-0.39, 0.29) is 18.6 Å². The summed E-state index contributed by atoms with van der Waals surface area (Å²) >= 11 is 0. The van der Waals surface area contributed by atoms with E-state index in [2.05, 4.69) is 20.6 Å². The molecule has 0 aliphatic heterocycles. The smallest absolute Gasteiger partial charge is 0.325 e. The van der Waals surface area contributed by atoms with E-state index in [1.165, 1.54) is 0 Å². The second-order valence-electron chi connectivity index (χ2n) is 6.60. The topological polar surface area (TPSA) is 116 Å². The first-order valence-corrected chi connectivity index (χ1v) is 9.40. The molecule has 30 heavy (non-hydrogen) atoms. The third-order valence-corrected chi connectivity index (χ3v) is 4.30. The Hall–Kier alpha value is -3.56. The maximum Gasteiger partial charge on any atom is 0.325 e. The molecular formula is C21H23N5O4. The number of H-pyrrole nitrogens is 1. The first-order chi connectivity index (χ1) is 14.5. The number of hydrogen-bond donors (Lipinski definition) is 3. The minimum Gasteiger partial charge on any atom is -0.383 e. The lowest BCUT2D eigenvalue weighted by Crippen LogP contribution is -2.42. The average Bonchev–Trinajstić information content (AvgIpc) is 2.72. The van der Waals surface area contributed by atoms with Crippen molar-refractivity contribution in [1.82, 2.24) is 20.2 Å². The van der Waals surface area contributed by atoms with Crippen LogP contribution in [0, 0.1) is 0 Å². The van der Waals surface area contributed by atoms with Crippen molar-refractivity contribution >= 4 is 28.5 Å². The molecule has 2 aromatic carbocycles. The van der Waals surface area contributed by atoms with Gasteiger partial charge < -0.3 is 15.0 Å². The minimum absolute atomic E-state index is 0.0674. The van der Waals surface area contributed by atoms with E-state index in [4.69, 9.17) is 4.74 Å². The number of para-hydroxylation sites is 2. The van der Waals surface area contributed by atoms with Crippen LogP contribution >= 0.6 is 0 Å². The van der Waals surface area contributed by atoms with Crippen LogP contribution in [0.2, 0.25) is 0 Å². The normalized spacial score (nSPS) is 10.9. The number of amides is 3. The second-order valence-corrected chi connectivity index (χ2v) is 6.60. The third-order valence-electron chi connectivity index (χ3n) is 4.30. The zero-order valence-corrected chi connectivity index (χ0v) is 16.6. The van der Waals surface area contributed by atoms with Gasteiger partial charge in [0.15, 0.2) is 0 Å². The Morgan fingerprint density at radius 3 is 2.60 bits per heavy atom. The molecule has 0 fully saturated rings. The van der Waals surface area contributed by atoms with E-state index < -0.39 is 11.9 Å². The Morgan fingerprint density at radius 1 is 1.10 bits per heavy atom. The average molecular weight is 409 g/mol. The number of imide groups is 1. The summed E-state index contributed by atoms with van der Waals surface area (Å²) in [7, 11) is 1.56. The molecule has 0 atom stereocenters. The highest BCUT2D eigenvalue weighted by molar-refractivity contribution is 6.01. The summed E-state index contributed by atoms with van der Waals surface area (Å²) in [5.74, 6) is -0.0565. The van der Waals surface area contributed by atoms with Crippen LogP contribution in [-0.4, -0.2) is 53.6 Å². The number of rotatable bonds is 8. The quantitative estimate of drug-likeness (QED) is 0.522. The van der Waals surface area contributed by atoms with E-state index in [1.807, 2.05) is 6.07 Å². The van der Waals surface area contributed by atoms with Crippen LogP contribution in [0.4, 0.5) is 10.5 Å². The number of carbonyl (C=O) groups excluding carboxylic acids is 2. The molecule has 0 saturated heterocycles. The van der Waals surface area contributed by atoms with Crippen LogP contribution in [0.5, 0.6) is 0 Å². The first kappa shape index (κ1) is 21.2. The summed E-state index contributed by atoms with van der Waals surface area (Å²) in [5.41, 5.74) is 0.917. The zero-order valence-electron chi connectivity index (χ0n) is 16.6. The van der Waals surface area contributed by atoms with Crippen LogP contribution in [0.1, 0.15) is 5.82 Å². The number of fused-ring (bicyclic) bond motifs is 1. The first-order valence-electron chi connectivity index (χ1n) is 9.40. The van der Waals surface area contributed by atoms with Crippen molar-refractivity contribution in [3.63, 3.8) is 0 Å². The van der Waals surface area contributed by atoms with Gasteiger partial charge in [-0.1, -0.05) is 30.3 Å². The minimum atomic E-state index is -0.616. The molecule has 9 nitrogen and oxygen atoms in total. The van der Waals surface area contributed by atoms with Gasteiger partial charge in [0.05, 0.1) is 30.6 Å². The number of methoxy groups -OCH3 is 1. The third kappa shape index (κ3) is 5.97. The summed E-state index contributed by atoms with van der Waals surface area (Å²) in [6, 6.07) is 15.2. The van der Waals surface area contributed by atoms with E-state index in [0.29, 0.717) is 35.6 Å². The van der Waals surface area contributed by atoms with Gasteiger partial charge in [-0.25, -0.2) is 9.78 Å². The number of hydrogen-bond acceptors (Lipinski definition) is 6. The highest BCUT2D eigenvalue weighted by Gasteiger charge is 2.15. The van der Waals surface area contributed by atoms with E-state index in [9.17, 15) is 14.4 Å². The van der Waals surface area contributed by atoms with Gasteiger partial charge in [-0.3, -0.25) is 19.8 Å². The van der Waals surface area contributed by atoms with Crippen molar-refractivity contribution in [3.05, 3.63) is 70.8 Å². The van der Waals surface area contributed by atoms with Crippen molar-refractivity contribution in [2.24, 2.45) is 0 Å². The van der Waals surface area contributed by atoms with Gasteiger partial charge in [0, 0.05) is 19.3 Å². The van der Waals surface area contributed by atoms with Gasteiger partial charge in [0.2, 0.25) is 5.91 Å². The number of benzene rings is 2. The Bertz CT molecular complexity index is 1070. The molecule has 1 heterocycles. The number of anilines is 1. The predicted molar refractivity (Wildman–Crippen MR) is 113 cm³/mol. The number of aromatic amines is 1. The molecule has 3 N–H and O–H groups in total. The summed E-state index contributed by atoms with van der Waals surface area (Å²) in [6.45, 7) is 0.946. The molecule has 1 aromatic heterocycles. The fourth-order valence-electron chi connectivity index (χ4n) is 2.91. The lowest BCUT2D eigenvalue weighted by atomic mass is 10.2. The molecule has 0 radical (unpaired) electrons. The van der Waals surface area contributed by atoms with Gasteiger partial charge >= 0.3 is 6.03 Å². The largest absolute Gasteiger partial charge is 0.383 e. The lowest BCUT2D eigenvalue weighted by Gasteiger charge is -2.20. The lowest BCUT2D eigenvalue weighted by molar-refractivity contribution is -0.121. The molecule has 0 spiro atoms. The molecular weight excluding hydrogens is 386 g/mol. The monoisotopic (exact) mass is 409 g/mol. The number of nitrogens with zero attached hydrogens (tertiary/aromatic N) is 2. The summed E-state index contributed by atoms with van der Waals surface area (Å²) in [5, 5.41) is 5.39. The highest BCUT2D eigenvalue weighted by atomic mass is 16.5. The molecule has 3 aromatic rings. The molecule has 0 unspecified atom stereocenters. The van der Waals surface area contributed by atoms with Crippen molar-refractivity contribution in [2.75, 3.05) is 32.1 Å². The van der Waals surface area contributed by atoms with Crippen molar-refractivity contribution < 1.29 is 14.3 Å². The fourth-order valence-corrected chi connectivity index (χ4v) is 2.91. The van der Waals surface area contributed by atoms with Gasteiger partial charge in [-0.05, 0) is 24.3 Å². The van der Waals surface area contributed by atoms with Crippen molar-refractivity contribution in [3.8, 4) is 0 Å². The van der Waals surface area contributed by atoms with Gasteiger partial charge in [0.25, 0.3) is 5.56 Å². The van der Waals surface area contributed by atoms with E-state index in [0.717, 1.165) is 0 Å². The maximum absolute atomic E-state index is 12.3. The predicted octanol–water partition coefficient (Wildman–Crippen LogP) is 1.72. The molecule has 3 rings (SSSR count). The second kappa shape index (κ2) is 10.3. The number of urea groups is 1. The van der Waals surface area contributed by atoms with E-state index >= 15 is 0 Å². The molecule has 0 aliphatic carbocycles. The van der Waals surface area contributed by atoms with Crippen LogP contribution in [0.25, 0.3) is 10.9 Å². The molecule has 3 amide bonds.